The minimum Gasteiger partial charge on any atom is -0.311 e. The predicted octanol–water partition coefficient (Wildman–Crippen LogP) is 3.01. The van der Waals surface area contributed by atoms with Crippen molar-refractivity contribution >= 4 is 16.3 Å². The van der Waals surface area contributed by atoms with Crippen LogP contribution in [0.3, 0.4) is 0 Å². The highest BCUT2D eigenvalue weighted by molar-refractivity contribution is 7.15. The van der Waals surface area contributed by atoms with Crippen molar-refractivity contribution in [2.24, 2.45) is 0 Å². The zero-order valence-corrected chi connectivity index (χ0v) is 13.8. The van der Waals surface area contributed by atoms with E-state index < -0.39 is 0 Å². The molecule has 6 heteroatoms. The largest absolute Gasteiger partial charge is 0.311 e. The SMILES string of the molecule is CCCNCc1c(-n2nc(C)c(C)c2C)nc2sccn12. The molecule has 0 saturated carbocycles. The van der Waals surface area contributed by atoms with Gasteiger partial charge in [0.25, 0.3) is 0 Å². The highest BCUT2D eigenvalue weighted by atomic mass is 32.1. The number of nitrogens with zero attached hydrogens (tertiary/aromatic N) is 4. The second kappa shape index (κ2) is 5.61. The first-order chi connectivity index (χ1) is 10.1. The second-order valence-electron chi connectivity index (χ2n) is 5.32. The molecule has 0 atom stereocenters. The second-order valence-corrected chi connectivity index (χ2v) is 6.20. The molecule has 0 spiro atoms. The lowest BCUT2D eigenvalue weighted by atomic mass is 10.2. The average Bonchev–Trinajstić information content (AvgIpc) is 3.11. The van der Waals surface area contributed by atoms with Gasteiger partial charge in [0, 0.05) is 23.8 Å². The molecule has 0 aliphatic heterocycles. The Kier molecular flexibility index (Phi) is 3.82. The number of fused-ring (bicyclic) bond motifs is 1. The molecule has 112 valence electrons. The molecule has 3 aromatic heterocycles. The molecule has 0 amide bonds. The first kappa shape index (κ1) is 14.3. The number of hydrogen-bond acceptors (Lipinski definition) is 4. The third kappa shape index (κ3) is 2.38. The number of thiazole rings is 1. The first-order valence-corrected chi connectivity index (χ1v) is 8.19. The highest BCUT2D eigenvalue weighted by Gasteiger charge is 2.18. The molecule has 0 bridgehead atoms. The maximum atomic E-state index is 4.78. The summed E-state index contributed by atoms with van der Waals surface area (Å²) in [4.78, 5) is 5.80. The van der Waals surface area contributed by atoms with E-state index >= 15 is 0 Å². The Hall–Kier alpha value is -1.66. The summed E-state index contributed by atoms with van der Waals surface area (Å²) >= 11 is 1.66. The first-order valence-electron chi connectivity index (χ1n) is 7.31. The molecule has 0 aliphatic rings. The molecule has 3 aromatic rings. The van der Waals surface area contributed by atoms with Gasteiger partial charge in [-0.05, 0) is 39.3 Å². The van der Waals surface area contributed by atoms with Gasteiger partial charge < -0.3 is 5.32 Å². The summed E-state index contributed by atoms with van der Waals surface area (Å²) in [5.41, 5.74) is 4.63. The fourth-order valence-corrected chi connectivity index (χ4v) is 3.19. The standard InChI is InChI=1S/C15H21N5S/c1-5-6-16-9-13-14(17-15-19(13)7-8-21-15)20-12(4)10(2)11(3)18-20/h7-8,16H,5-6,9H2,1-4H3. The Labute approximate surface area is 128 Å². The zero-order valence-electron chi connectivity index (χ0n) is 13.0. The van der Waals surface area contributed by atoms with Crippen molar-refractivity contribution in [2.75, 3.05) is 6.54 Å². The monoisotopic (exact) mass is 303 g/mol. The van der Waals surface area contributed by atoms with Crippen LogP contribution < -0.4 is 5.32 Å². The van der Waals surface area contributed by atoms with Gasteiger partial charge in [-0.25, -0.2) is 4.68 Å². The van der Waals surface area contributed by atoms with Gasteiger partial charge in [0.15, 0.2) is 10.8 Å². The third-order valence-electron chi connectivity index (χ3n) is 3.91. The Morgan fingerprint density at radius 3 is 2.76 bits per heavy atom. The van der Waals surface area contributed by atoms with E-state index in [0.29, 0.717) is 0 Å². The van der Waals surface area contributed by atoms with Crippen LogP contribution in [-0.2, 0) is 6.54 Å². The van der Waals surface area contributed by atoms with Crippen LogP contribution in [0.4, 0.5) is 0 Å². The van der Waals surface area contributed by atoms with Gasteiger partial charge >= 0.3 is 0 Å². The van der Waals surface area contributed by atoms with Crippen LogP contribution >= 0.6 is 11.3 Å². The Morgan fingerprint density at radius 1 is 1.29 bits per heavy atom. The van der Waals surface area contributed by atoms with Crippen molar-refractivity contribution in [3.63, 3.8) is 0 Å². The predicted molar refractivity (Wildman–Crippen MR) is 86.4 cm³/mol. The van der Waals surface area contributed by atoms with Gasteiger partial charge in [0.1, 0.15) is 0 Å². The summed E-state index contributed by atoms with van der Waals surface area (Å²) in [5, 5.41) is 10.2. The smallest absolute Gasteiger partial charge is 0.196 e. The highest BCUT2D eigenvalue weighted by Crippen LogP contribution is 2.23. The van der Waals surface area contributed by atoms with Crippen LogP contribution in [0.15, 0.2) is 11.6 Å². The van der Waals surface area contributed by atoms with Crippen molar-refractivity contribution in [3.8, 4) is 5.82 Å². The maximum Gasteiger partial charge on any atom is 0.196 e. The molecule has 0 saturated heterocycles. The third-order valence-corrected chi connectivity index (χ3v) is 4.67. The lowest BCUT2D eigenvalue weighted by molar-refractivity contribution is 0.653. The molecular formula is C15H21N5S. The van der Waals surface area contributed by atoms with Gasteiger partial charge in [-0.1, -0.05) is 6.92 Å². The number of hydrogen-bond donors (Lipinski definition) is 1. The van der Waals surface area contributed by atoms with Gasteiger partial charge in [-0.15, -0.1) is 11.3 Å². The fourth-order valence-electron chi connectivity index (χ4n) is 2.47. The van der Waals surface area contributed by atoms with Crippen LogP contribution in [0.1, 0.15) is 36.0 Å². The van der Waals surface area contributed by atoms with Crippen LogP contribution in [0.2, 0.25) is 0 Å². The lowest BCUT2D eigenvalue weighted by Crippen LogP contribution is -2.17. The van der Waals surface area contributed by atoms with Crippen LogP contribution in [-0.4, -0.2) is 25.7 Å². The Morgan fingerprint density at radius 2 is 2.10 bits per heavy atom. The van der Waals surface area contributed by atoms with E-state index in [2.05, 4.69) is 47.2 Å². The molecular weight excluding hydrogens is 282 g/mol. The van der Waals surface area contributed by atoms with Crippen LogP contribution in [0.5, 0.6) is 0 Å². The number of aryl methyl sites for hydroxylation is 1. The number of aromatic nitrogens is 4. The van der Waals surface area contributed by atoms with E-state index in [-0.39, 0.29) is 0 Å². The van der Waals surface area contributed by atoms with E-state index in [1.165, 1.54) is 11.3 Å². The Bertz CT molecular complexity index is 765. The lowest BCUT2D eigenvalue weighted by Gasteiger charge is -2.07. The van der Waals surface area contributed by atoms with E-state index in [4.69, 9.17) is 4.98 Å². The number of rotatable bonds is 5. The molecule has 0 unspecified atom stereocenters. The van der Waals surface area contributed by atoms with Crippen molar-refractivity contribution in [1.82, 2.24) is 24.5 Å². The molecule has 1 N–H and O–H groups in total. The summed E-state index contributed by atoms with van der Waals surface area (Å²) in [6.07, 6.45) is 3.21. The number of nitrogens with one attached hydrogen (secondary N) is 1. The fraction of sp³-hybridized carbons (Fsp3) is 0.467. The van der Waals surface area contributed by atoms with Gasteiger partial charge in [-0.2, -0.15) is 10.1 Å². The summed E-state index contributed by atoms with van der Waals surface area (Å²) in [6.45, 7) is 10.3. The van der Waals surface area contributed by atoms with E-state index in [0.717, 1.165) is 41.7 Å². The van der Waals surface area contributed by atoms with Crippen molar-refractivity contribution in [1.29, 1.82) is 0 Å². The topological polar surface area (TPSA) is 47.2 Å². The minimum atomic E-state index is 0.804. The van der Waals surface area contributed by atoms with Crippen LogP contribution in [0.25, 0.3) is 10.8 Å². The zero-order chi connectivity index (χ0) is 15.0. The maximum absolute atomic E-state index is 4.78. The molecule has 0 radical (unpaired) electrons. The van der Waals surface area contributed by atoms with Crippen molar-refractivity contribution in [3.05, 3.63) is 34.2 Å². The summed E-state index contributed by atoms with van der Waals surface area (Å²) in [7, 11) is 0. The summed E-state index contributed by atoms with van der Waals surface area (Å²) < 4.78 is 4.14. The molecule has 0 aliphatic carbocycles. The van der Waals surface area contributed by atoms with Gasteiger partial charge in [0.2, 0.25) is 0 Å². The van der Waals surface area contributed by atoms with Gasteiger partial charge in [0.05, 0.1) is 11.4 Å². The van der Waals surface area contributed by atoms with Crippen molar-refractivity contribution in [2.45, 2.75) is 40.7 Å². The minimum absolute atomic E-state index is 0.804. The molecule has 0 fully saturated rings. The van der Waals surface area contributed by atoms with Gasteiger partial charge in [-0.3, -0.25) is 4.40 Å². The summed E-state index contributed by atoms with van der Waals surface area (Å²) in [6, 6.07) is 0. The Balaban J connectivity index is 2.10. The molecule has 3 heterocycles. The molecule has 5 nitrogen and oxygen atoms in total. The number of imidazole rings is 1. The van der Waals surface area contributed by atoms with E-state index in [9.17, 15) is 0 Å². The van der Waals surface area contributed by atoms with E-state index in [1.807, 2.05) is 11.6 Å². The van der Waals surface area contributed by atoms with E-state index in [1.54, 1.807) is 11.3 Å². The normalized spacial score (nSPS) is 11.6. The molecule has 3 rings (SSSR count). The quantitative estimate of drug-likeness (QED) is 0.737. The average molecular weight is 303 g/mol. The summed E-state index contributed by atoms with van der Waals surface area (Å²) in [5.74, 6) is 0.944. The molecule has 0 aromatic carbocycles. The van der Waals surface area contributed by atoms with Crippen LogP contribution in [0, 0.1) is 20.8 Å². The van der Waals surface area contributed by atoms with Crippen molar-refractivity contribution < 1.29 is 0 Å². The molecule has 21 heavy (non-hydrogen) atoms.